The van der Waals surface area contributed by atoms with Gasteiger partial charge in [-0.15, -0.1) is 0 Å². The largest absolute Gasteiger partial charge is 0.446 e. The predicted octanol–water partition coefficient (Wildman–Crippen LogP) is 2.21. The van der Waals surface area contributed by atoms with E-state index in [1.54, 1.807) is 0 Å². The monoisotopic (exact) mass is 318 g/mol. The summed E-state index contributed by atoms with van der Waals surface area (Å²) in [6.45, 7) is 5.97. The molecule has 0 aromatic carbocycles. The van der Waals surface area contributed by atoms with Crippen molar-refractivity contribution in [2.24, 2.45) is 0 Å². The van der Waals surface area contributed by atoms with E-state index in [1.807, 2.05) is 20.8 Å². The summed E-state index contributed by atoms with van der Waals surface area (Å²) in [5, 5.41) is 0.446. The molecule has 0 saturated heterocycles. The van der Waals surface area contributed by atoms with E-state index < -0.39 is 13.1 Å². The minimum absolute atomic E-state index is 0.0270. The Bertz CT molecular complexity index is 667. The zero-order chi connectivity index (χ0) is 15.1. The maximum absolute atomic E-state index is 11.1. The number of nitrogens with two attached hydrogens (primary N) is 1. The highest BCUT2D eigenvalue weighted by molar-refractivity contribution is 8.00. The third-order valence-electron chi connectivity index (χ3n) is 2.12. The van der Waals surface area contributed by atoms with Crippen LogP contribution in [-0.4, -0.2) is 19.5 Å². The first-order chi connectivity index (χ1) is 9.06. The Balaban J connectivity index is 2.43. The fourth-order valence-corrected chi connectivity index (χ4v) is 2.85. The van der Waals surface area contributed by atoms with Crippen LogP contribution in [0.15, 0.2) is 26.1 Å². The minimum atomic E-state index is -4.43. The Hall–Kier alpha value is -1.21. The van der Waals surface area contributed by atoms with Crippen molar-refractivity contribution >= 4 is 30.9 Å². The highest BCUT2D eigenvalue weighted by Crippen LogP contribution is 2.41. The van der Waals surface area contributed by atoms with Gasteiger partial charge in [0, 0.05) is 4.75 Å². The fourth-order valence-electron chi connectivity index (χ4n) is 1.44. The molecule has 0 fully saturated rings. The van der Waals surface area contributed by atoms with E-state index in [0.29, 0.717) is 10.8 Å². The normalized spacial score (nSPS) is 12.8. The lowest BCUT2D eigenvalue weighted by Crippen LogP contribution is -2.06. The zero-order valence-corrected chi connectivity index (χ0v) is 12.9. The number of nitrogen functional groups attached to an aromatic ring is 1. The summed E-state index contributed by atoms with van der Waals surface area (Å²) in [5.41, 5.74) is 5.46. The van der Waals surface area contributed by atoms with Crippen molar-refractivity contribution in [3.05, 3.63) is 12.1 Å². The van der Waals surface area contributed by atoms with E-state index in [9.17, 15) is 4.57 Å². The summed E-state index contributed by atoms with van der Waals surface area (Å²) in [5.74, 6) is 0.204. The highest BCUT2D eigenvalue weighted by atomic mass is 32.2. The molecular formula is C11H15N2O5PS. The Kier molecular flexibility index (Phi) is 3.77. The van der Waals surface area contributed by atoms with E-state index in [2.05, 4.69) is 4.98 Å². The quantitative estimate of drug-likeness (QED) is 0.581. The van der Waals surface area contributed by atoms with Gasteiger partial charge in [-0.2, -0.15) is 4.98 Å². The van der Waals surface area contributed by atoms with E-state index in [1.165, 1.54) is 23.9 Å². The Morgan fingerprint density at radius 3 is 2.45 bits per heavy atom. The number of hydrogen-bond donors (Lipinski definition) is 3. The number of thioether (sulfide) groups is 1. The Morgan fingerprint density at radius 2 is 1.95 bits per heavy atom. The number of anilines is 1. The van der Waals surface area contributed by atoms with Gasteiger partial charge in [0.05, 0.1) is 0 Å². The molecule has 0 radical (unpaired) electrons. The summed E-state index contributed by atoms with van der Waals surface area (Å²) >= 11 is 1.40. The lowest BCUT2D eigenvalue weighted by atomic mass is 10.3. The first kappa shape index (κ1) is 15.2. The van der Waals surface area contributed by atoms with Crippen LogP contribution in [0, 0.1) is 0 Å². The van der Waals surface area contributed by atoms with E-state index >= 15 is 0 Å². The van der Waals surface area contributed by atoms with Crippen LogP contribution in [0.2, 0.25) is 0 Å². The van der Waals surface area contributed by atoms with Crippen molar-refractivity contribution in [3.63, 3.8) is 0 Å². The minimum Gasteiger partial charge on any atom is -0.446 e. The molecule has 2 aromatic rings. The first-order valence-electron chi connectivity index (χ1n) is 5.68. The Labute approximate surface area is 119 Å². The summed E-state index contributed by atoms with van der Waals surface area (Å²) in [6, 6.07) is 2.62. The van der Waals surface area contributed by atoms with Crippen LogP contribution < -0.4 is 11.2 Å². The molecule has 110 valence electrons. The fraction of sp³-hybridized carbons (Fsp3) is 0.364. The van der Waals surface area contributed by atoms with Crippen molar-refractivity contribution in [2.45, 2.75) is 30.6 Å². The maximum Gasteiger partial charge on any atom is 0.391 e. The van der Waals surface area contributed by atoms with Gasteiger partial charge in [-0.3, -0.25) is 4.57 Å². The van der Waals surface area contributed by atoms with Crippen LogP contribution in [-0.2, 0) is 4.57 Å². The zero-order valence-electron chi connectivity index (χ0n) is 11.2. The van der Waals surface area contributed by atoms with Gasteiger partial charge in [-0.25, -0.2) is 0 Å². The summed E-state index contributed by atoms with van der Waals surface area (Å²) in [4.78, 5) is 22.1. The molecule has 4 N–H and O–H groups in total. The standard InChI is InChI=1S/C11H15N2O5PS/c1-11(2,3)20-9-8(13-10(12)18-9)6-4-5-7(17-6)19(14,15)16/h4-5H,1-3H3,(H2,12,13)(H2,14,15,16). The predicted molar refractivity (Wildman–Crippen MR) is 75.9 cm³/mol. The lowest BCUT2D eigenvalue weighted by Gasteiger charge is -2.15. The third kappa shape index (κ3) is 3.46. The third-order valence-corrected chi connectivity index (χ3v) is 4.01. The van der Waals surface area contributed by atoms with Crippen molar-refractivity contribution in [2.75, 3.05) is 5.73 Å². The first-order valence-corrected chi connectivity index (χ1v) is 8.11. The highest BCUT2D eigenvalue weighted by Gasteiger charge is 2.26. The molecular weight excluding hydrogens is 303 g/mol. The van der Waals surface area contributed by atoms with E-state index in [4.69, 9.17) is 24.4 Å². The molecule has 0 saturated carbocycles. The van der Waals surface area contributed by atoms with Crippen molar-refractivity contribution in [1.29, 1.82) is 0 Å². The van der Waals surface area contributed by atoms with Gasteiger partial charge in [-0.1, -0.05) is 32.5 Å². The molecule has 0 aliphatic heterocycles. The van der Waals surface area contributed by atoms with Gasteiger partial charge in [0.15, 0.2) is 16.5 Å². The van der Waals surface area contributed by atoms with Crippen LogP contribution in [0.5, 0.6) is 0 Å². The summed E-state index contributed by atoms with van der Waals surface area (Å²) in [6.07, 6.45) is 0. The molecule has 2 rings (SSSR count). The number of aromatic nitrogens is 1. The molecule has 0 bridgehead atoms. The summed E-state index contributed by atoms with van der Waals surface area (Å²) in [7, 11) is -4.43. The van der Waals surface area contributed by atoms with Gasteiger partial charge >= 0.3 is 7.60 Å². The topological polar surface area (TPSA) is 123 Å². The summed E-state index contributed by atoms with van der Waals surface area (Å²) < 4.78 is 21.4. The Morgan fingerprint density at radius 1 is 1.30 bits per heavy atom. The molecule has 0 aliphatic rings. The van der Waals surface area contributed by atoms with Gasteiger partial charge in [0.2, 0.25) is 5.50 Å². The molecule has 9 heteroatoms. The van der Waals surface area contributed by atoms with Gasteiger partial charge in [-0.05, 0) is 12.1 Å². The second-order valence-electron chi connectivity index (χ2n) is 5.08. The molecule has 0 atom stereocenters. The van der Waals surface area contributed by atoms with Crippen LogP contribution >= 0.6 is 19.4 Å². The average Bonchev–Trinajstić information content (AvgIpc) is 2.81. The maximum atomic E-state index is 11.1. The molecule has 20 heavy (non-hydrogen) atoms. The van der Waals surface area contributed by atoms with Crippen LogP contribution in [0.4, 0.5) is 6.01 Å². The molecule has 0 spiro atoms. The molecule has 2 heterocycles. The van der Waals surface area contributed by atoms with Gasteiger partial charge < -0.3 is 24.4 Å². The van der Waals surface area contributed by atoms with Crippen molar-refractivity contribution < 1.29 is 23.2 Å². The molecule has 0 aliphatic carbocycles. The molecule has 2 aromatic heterocycles. The number of oxazole rings is 1. The van der Waals surface area contributed by atoms with Crippen molar-refractivity contribution in [1.82, 2.24) is 4.98 Å². The van der Waals surface area contributed by atoms with Gasteiger partial charge in [0.1, 0.15) is 0 Å². The number of rotatable bonds is 3. The molecule has 7 nitrogen and oxygen atoms in total. The van der Waals surface area contributed by atoms with Crippen LogP contribution in [0.3, 0.4) is 0 Å². The van der Waals surface area contributed by atoms with E-state index in [0.717, 1.165) is 0 Å². The average molecular weight is 318 g/mol. The molecule has 0 unspecified atom stereocenters. The molecule has 0 amide bonds. The second-order valence-corrected chi connectivity index (χ2v) is 8.41. The number of furan rings is 1. The SMILES string of the molecule is CC(C)(C)Sc1oc(N)nc1-c1ccc(P(=O)(O)O)o1. The second kappa shape index (κ2) is 4.96. The van der Waals surface area contributed by atoms with Crippen LogP contribution in [0.1, 0.15) is 20.8 Å². The van der Waals surface area contributed by atoms with Crippen LogP contribution in [0.25, 0.3) is 11.5 Å². The van der Waals surface area contributed by atoms with Gasteiger partial charge in [0.25, 0.3) is 6.01 Å². The smallest absolute Gasteiger partial charge is 0.391 e. The van der Waals surface area contributed by atoms with E-state index in [-0.39, 0.29) is 16.5 Å². The number of nitrogens with zero attached hydrogens (tertiary/aromatic N) is 1. The number of hydrogen-bond acceptors (Lipinski definition) is 6. The van der Waals surface area contributed by atoms with Crippen molar-refractivity contribution in [3.8, 4) is 11.5 Å². The lowest BCUT2D eigenvalue weighted by molar-refractivity contribution is 0.377.